The van der Waals surface area contributed by atoms with Gasteiger partial charge in [-0.25, -0.2) is 4.57 Å². The van der Waals surface area contributed by atoms with Crippen LogP contribution in [0.15, 0.2) is 169 Å². The molecule has 0 radical (unpaired) electrons. The standard InChI is InChI=1S/C46H49N4S2/c1-47-32-14-5-3-4-8-16-40-23-28-45(29-24-40)49(38-42-17-9-6-10-18-42)34-36-51-52-37-35-50(39-43-19-11-7-12-20-43)46-30-25-41(26-31-46)22-27-44-21-13-15-33-48(44)2/h3-33H,34-39H2,1-2H3/q+1/b4-3+,14-5-,16-8+,47-32?. The summed E-state index contributed by atoms with van der Waals surface area (Å²) >= 11 is 0. The van der Waals surface area contributed by atoms with Crippen molar-refractivity contribution in [2.75, 3.05) is 41.4 Å². The summed E-state index contributed by atoms with van der Waals surface area (Å²) in [7, 11) is 7.78. The van der Waals surface area contributed by atoms with Gasteiger partial charge < -0.3 is 9.80 Å². The number of hydrogen-bond acceptors (Lipinski definition) is 5. The summed E-state index contributed by atoms with van der Waals surface area (Å²) in [6, 6.07) is 45.6. The van der Waals surface area contributed by atoms with E-state index in [4.69, 9.17) is 0 Å². The maximum atomic E-state index is 3.95. The van der Waals surface area contributed by atoms with Gasteiger partial charge in [-0.1, -0.05) is 137 Å². The average molecular weight is 722 g/mol. The molecule has 6 heteroatoms. The molecule has 0 aliphatic carbocycles. The maximum absolute atomic E-state index is 3.95. The Morgan fingerprint density at radius 1 is 0.538 bits per heavy atom. The van der Waals surface area contributed by atoms with Crippen LogP contribution < -0.4 is 14.4 Å². The monoisotopic (exact) mass is 721 g/mol. The molecule has 0 fully saturated rings. The highest BCUT2D eigenvalue weighted by Crippen LogP contribution is 2.26. The van der Waals surface area contributed by atoms with Gasteiger partial charge >= 0.3 is 0 Å². The molecule has 0 aliphatic rings. The minimum Gasteiger partial charge on any atom is -0.366 e. The molecule has 1 heterocycles. The number of anilines is 2. The minimum absolute atomic E-state index is 0.886. The Morgan fingerprint density at radius 3 is 1.58 bits per heavy atom. The molecule has 52 heavy (non-hydrogen) atoms. The second-order valence-electron chi connectivity index (χ2n) is 12.2. The van der Waals surface area contributed by atoms with E-state index in [1.54, 1.807) is 13.3 Å². The first kappa shape index (κ1) is 38.2. The Balaban J connectivity index is 1.16. The van der Waals surface area contributed by atoms with Crippen LogP contribution in [0.5, 0.6) is 0 Å². The van der Waals surface area contributed by atoms with Crippen LogP contribution in [-0.2, 0) is 20.1 Å². The van der Waals surface area contributed by atoms with E-state index in [1.807, 2.05) is 45.9 Å². The van der Waals surface area contributed by atoms with Crippen LogP contribution >= 0.6 is 21.6 Å². The minimum atomic E-state index is 0.886. The van der Waals surface area contributed by atoms with E-state index in [-0.39, 0.29) is 0 Å². The molecule has 0 saturated carbocycles. The summed E-state index contributed by atoms with van der Waals surface area (Å²) < 4.78 is 2.13. The van der Waals surface area contributed by atoms with Crippen LogP contribution in [-0.4, -0.2) is 37.9 Å². The summed E-state index contributed by atoms with van der Waals surface area (Å²) in [5.74, 6) is 2.08. The number of nitrogens with zero attached hydrogens (tertiary/aromatic N) is 4. The number of aromatic nitrogens is 1. The van der Waals surface area contributed by atoms with Crippen LogP contribution in [0, 0.1) is 0 Å². The number of hydrogen-bond donors (Lipinski definition) is 0. The van der Waals surface area contributed by atoms with Crippen molar-refractivity contribution in [3.05, 3.63) is 192 Å². The number of pyridine rings is 1. The van der Waals surface area contributed by atoms with Gasteiger partial charge in [-0.15, -0.1) is 0 Å². The molecule has 0 saturated heterocycles. The summed E-state index contributed by atoms with van der Waals surface area (Å²) in [5, 5.41) is 0. The number of rotatable bonds is 19. The third-order valence-corrected chi connectivity index (χ3v) is 10.8. The van der Waals surface area contributed by atoms with Gasteiger partial charge in [0.15, 0.2) is 6.20 Å². The fourth-order valence-corrected chi connectivity index (χ4v) is 7.58. The zero-order chi connectivity index (χ0) is 36.1. The fourth-order valence-electron chi connectivity index (χ4n) is 5.60. The van der Waals surface area contributed by atoms with Crippen molar-refractivity contribution in [2.45, 2.75) is 13.1 Å². The fraction of sp³-hybridized carbons (Fsp3) is 0.174. The van der Waals surface area contributed by atoms with Crippen LogP contribution in [0.1, 0.15) is 27.9 Å². The van der Waals surface area contributed by atoms with Crippen molar-refractivity contribution in [1.82, 2.24) is 0 Å². The van der Waals surface area contributed by atoms with Crippen LogP contribution in [0.4, 0.5) is 11.4 Å². The normalized spacial score (nSPS) is 11.9. The van der Waals surface area contributed by atoms with E-state index in [0.29, 0.717) is 0 Å². The maximum Gasteiger partial charge on any atom is 0.204 e. The predicted octanol–water partition coefficient (Wildman–Crippen LogP) is 10.6. The second kappa shape index (κ2) is 22.0. The average Bonchev–Trinajstić information content (AvgIpc) is 3.19. The zero-order valence-electron chi connectivity index (χ0n) is 30.2. The molecule has 5 rings (SSSR count). The van der Waals surface area contributed by atoms with Gasteiger partial charge in [-0.05, 0) is 64.7 Å². The van der Waals surface area contributed by atoms with E-state index in [1.165, 1.54) is 39.3 Å². The summed E-state index contributed by atoms with van der Waals surface area (Å²) in [6.45, 7) is 3.72. The van der Waals surface area contributed by atoms with Crippen molar-refractivity contribution in [2.24, 2.45) is 12.0 Å². The van der Waals surface area contributed by atoms with Crippen molar-refractivity contribution < 1.29 is 4.57 Å². The first-order valence-electron chi connectivity index (χ1n) is 17.7. The summed E-state index contributed by atoms with van der Waals surface area (Å²) in [4.78, 5) is 8.94. The van der Waals surface area contributed by atoms with Crippen molar-refractivity contribution in [3.8, 4) is 0 Å². The molecule has 264 valence electrons. The lowest BCUT2D eigenvalue weighted by Crippen LogP contribution is -2.30. The molecule has 0 amide bonds. The van der Waals surface area contributed by atoms with Gasteiger partial charge in [0.1, 0.15) is 7.05 Å². The topological polar surface area (TPSA) is 22.7 Å². The first-order chi connectivity index (χ1) is 25.7. The Bertz CT molecular complexity index is 1900. The van der Waals surface area contributed by atoms with Crippen LogP contribution in [0.2, 0.25) is 0 Å². The SMILES string of the molecule is CN=C\C=C/C=C/C=C/c1ccc(N(CCSSCCN(Cc2ccccc2)c2ccc(/C=C/c3cccc[n+]3C)cc2)Cc2ccccc2)cc1. The number of aliphatic imine (C=N–C) groups is 1. The molecule has 1 aromatic heterocycles. The Hall–Kier alpha value is -5.04. The first-order valence-corrected chi connectivity index (χ1v) is 20.2. The Morgan fingerprint density at radius 2 is 1.04 bits per heavy atom. The predicted molar refractivity (Wildman–Crippen MR) is 231 cm³/mol. The summed E-state index contributed by atoms with van der Waals surface area (Å²) in [5.41, 5.74) is 8.69. The highest BCUT2D eigenvalue weighted by atomic mass is 33.1. The molecule has 0 N–H and O–H groups in total. The van der Waals surface area contributed by atoms with Gasteiger partial charge in [-0.2, -0.15) is 0 Å². The number of aryl methyl sites for hydroxylation is 1. The molecule has 0 aliphatic heterocycles. The number of allylic oxidation sites excluding steroid dienone is 5. The molecule has 4 aromatic carbocycles. The lowest BCUT2D eigenvalue weighted by molar-refractivity contribution is -0.673. The van der Waals surface area contributed by atoms with Gasteiger partial charge in [0.05, 0.1) is 0 Å². The van der Waals surface area contributed by atoms with Crippen LogP contribution in [0.3, 0.4) is 0 Å². The quantitative estimate of drug-likeness (QED) is 0.0278. The van der Waals surface area contributed by atoms with Gasteiger partial charge in [-0.3, -0.25) is 4.99 Å². The molecule has 5 aromatic rings. The lowest BCUT2D eigenvalue weighted by Gasteiger charge is -2.26. The van der Waals surface area contributed by atoms with Crippen molar-refractivity contribution >= 4 is 57.4 Å². The lowest BCUT2D eigenvalue weighted by atomic mass is 10.1. The van der Waals surface area contributed by atoms with Crippen molar-refractivity contribution in [3.63, 3.8) is 0 Å². The number of benzene rings is 4. The van der Waals surface area contributed by atoms with Crippen molar-refractivity contribution in [1.29, 1.82) is 0 Å². The van der Waals surface area contributed by atoms with E-state index in [9.17, 15) is 0 Å². The molecule has 4 nitrogen and oxygen atoms in total. The second-order valence-corrected chi connectivity index (χ2v) is 14.9. The smallest absolute Gasteiger partial charge is 0.204 e. The third-order valence-electron chi connectivity index (χ3n) is 8.43. The zero-order valence-corrected chi connectivity index (χ0v) is 31.9. The van der Waals surface area contributed by atoms with Gasteiger partial charge in [0, 0.05) is 80.5 Å². The Labute approximate surface area is 319 Å². The molecule has 0 unspecified atom stereocenters. The van der Waals surface area contributed by atoms with E-state index < -0.39 is 0 Å². The highest BCUT2D eigenvalue weighted by Gasteiger charge is 2.10. The van der Waals surface area contributed by atoms with E-state index >= 15 is 0 Å². The summed E-state index contributed by atoms with van der Waals surface area (Å²) in [6.07, 6.45) is 20.3. The van der Waals surface area contributed by atoms with Crippen LogP contribution in [0.25, 0.3) is 18.2 Å². The van der Waals surface area contributed by atoms with E-state index in [0.717, 1.165) is 37.7 Å². The molecule has 0 spiro atoms. The van der Waals surface area contributed by atoms with Gasteiger partial charge in [0.25, 0.3) is 0 Å². The third kappa shape index (κ3) is 13.3. The highest BCUT2D eigenvalue weighted by molar-refractivity contribution is 8.76. The van der Waals surface area contributed by atoms with Gasteiger partial charge in [0.2, 0.25) is 5.69 Å². The molecule has 0 atom stereocenters. The largest absolute Gasteiger partial charge is 0.366 e. The molecule has 0 bridgehead atoms. The van der Waals surface area contributed by atoms with E-state index in [2.05, 4.69) is 184 Å². The molecular weight excluding hydrogens is 673 g/mol. The molecular formula is C46H49N4S2+. The Kier molecular flexibility index (Phi) is 16.2.